The highest BCUT2D eigenvalue weighted by Crippen LogP contribution is 2.27. The van der Waals surface area contributed by atoms with Crippen LogP contribution in [0.15, 0.2) is 47.4 Å². The molecular weight excluding hydrogens is 420 g/mol. The highest BCUT2D eigenvalue weighted by molar-refractivity contribution is 7.89. The van der Waals surface area contributed by atoms with E-state index in [2.05, 4.69) is 5.32 Å². The van der Waals surface area contributed by atoms with E-state index in [1.807, 2.05) is 0 Å². The van der Waals surface area contributed by atoms with E-state index in [4.69, 9.17) is 25.8 Å². The number of rotatable bonds is 7. The Labute approximate surface area is 174 Å². The Morgan fingerprint density at radius 3 is 2.62 bits per heavy atom. The molecule has 1 N–H and O–H groups in total. The first kappa shape index (κ1) is 21.4. The molecule has 8 nitrogen and oxygen atoms in total. The van der Waals surface area contributed by atoms with Gasteiger partial charge in [-0.15, -0.1) is 0 Å². The predicted molar refractivity (Wildman–Crippen MR) is 108 cm³/mol. The predicted octanol–water partition coefficient (Wildman–Crippen LogP) is 2.39. The van der Waals surface area contributed by atoms with Crippen LogP contribution in [0.4, 0.5) is 5.69 Å². The second-order valence-electron chi connectivity index (χ2n) is 6.17. The van der Waals surface area contributed by atoms with Crippen molar-refractivity contribution in [3.8, 4) is 11.5 Å². The molecule has 1 amide bonds. The fourth-order valence-electron chi connectivity index (χ4n) is 2.72. The first-order valence-corrected chi connectivity index (χ1v) is 10.7. The molecule has 0 radical (unpaired) electrons. The molecule has 0 spiro atoms. The van der Waals surface area contributed by atoms with Crippen LogP contribution in [0.1, 0.15) is 0 Å². The number of carbonyl (C=O) groups excluding carboxylic acids is 1. The van der Waals surface area contributed by atoms with Gasteiger partial charge in [0.1, 0.15) is 11.5 Å². The summed E-state index contributed by atoms with van der Waals surface area (Å²) < 4.78 is 42.7. The number of nitrogens with zero attached hydrogens (tertiary/aromatic N) is 1. The third-order valence-corrected chi connectivity index (χ3v) is 6.46. The van der Waals surface area contributed by atoms with Gasteiger partial charge >= 0.3 is 0 Å². The topological polar surface area (TPSA) is 94.2 Å². The van der Waals surface area contributed by atoms with Gasteiger partial charge in [0.15, 0.2) is 6.61 Å². The van der Waals surface area contributed by atoms with E-state index in [0.29, 0.717) is 24.7 Å². The van der Waals surface area contributed by atoms with Gasteiger partial charge in [0.25, 0.3) is 5.91 Å². The Hall–Kier alpha value is -2.33. The lowest BCUT2D eigenvalue weighted by molar-refractivity contribution is -0.118. The van der Waals surface area contributed by atoms with Gasteiger partial charge in [0.2, 0.25) is 10.0 Å². The Morgan fingerprint density at radius 1 is 1.17 bits per heavy atom. The van der Waals surface area contributed by atoms with E-state index < -0.39 is 15.9 Å². The van der Waals surface area contributed by atoms with Crippen LogP contribution in [0.2, 0.25) is 5.02 Å². The highest BCUT2D eigenvalue weighted by Gasteiger charge is 2.27. The lowest BCUT2D eigenvalue weighted by Crippen LogP contribution is -2.40. The van der Waals surface area contributed by atoms with E-state index in [1.165, 1.54) is 29.6 Å². The standard InChI is InChI=1S/C19H21ClN2O6S/c1-26-14-3-2-4-15(11-14)28-13-19(23)21-18-12-16(5-6-17(18)20)29(24,25)22-7-9-27-10-8-22/h2-6,11-12H,7-10,13H2,1H3,(H,21,23). The zero-order valence-electron chi connectivity index (χ0n) is 15.8. The molecular formula is C19H21ClN2O6S. The molecule has 0 unspecified atom stereocenters. The molecule has 0 saturated carbocycles. The van der Waals surface area contributed by atoms with Crippen molar-refractivity contribution in [2.24, 2.45) is 0 Å². The summed E-state index contributed by atoms with van der Waals surface area (Å²) in [5.41, 5.74) is 0.195. The molecule has 29 heavy (non-hydrogen) atoms. The first-order valence-electron chi connectivity index (χ1n) is 8.84. The number of nitrogens with one attached hydrogen (secondary N) is 1. The summed E-state index contributed by atoms with van der Waals surface area (Å²) in [6, 6.07) is 11.0. The van der Waals surface area contributed by atoms with Gasteiger partial charge in [-0.05, 0) is 30.3 Å². The Balaban J connectivity index is 1.68. The van der Waals surface area contributed by atoms with Crippen molar-refractivity contribution >= 4 is 33.2 Å². The van der Waals surface area contributed by atoms with E-state index >= 15 is 0 Å². The minimum Gasteiger partial charge on any atom is -0.497 e. The average Bonchev–Trinajstić information content (AvgIpc) is 2.74. The molecule has 2 aromatic rings. The molecule has 156 valence electrons. The SMILES string of the molecule is COc1cccc(OCC(=O)Nc2cc(S(=O)(=O)N3CCOCC3)ccc2Cl)c1. The van der Waals surface area contributed by atoms with Gasteiger partial charge in [-0.3, -0.25) is 4.79 Å². The molecule has 10 heteroatoms. The number of benzene rings is 2. The molecule has 1 aliphatic heterocycles. The molecule has 1 saturated heterocycles. The molecule has 0 bridgehead atoms. The van der Waals surface area contributed by atoms with Gasteiger partial charge in [-0.2, -0.15) is 4.31 Å². The molecule has 2 aromatic carbocycles. The van der Waals surface area contributed by atoms with Crippen molar-refractivity contribution in [3.63, 3.8) is 0 Å². The summed E-state index contributed by atoms with van der Waals surface area (Å²) in [4.78, 5) is 12.3. The minimum absolute atomic E-state index is 0.0489. The summed E-state index contributed by atoms with van der Waals surface area (Å²) in [6.07, 6.45) is 0. The lowest BCUT2D eigenvalue weighted by atomic mass is 10.3. The Morgan fingerprint density at radius 2 is 1.90 bits per heavy atom. The van der Waals surface area contributed by atoms with Gasteiger partial charge in [-0.25, -0.2) is 8.42 Å². The normalized spacial score (nSPS) is 15.0. The molecule has 1 fully saturated rings. The fraction of sp³-hybridized carbons (Fsp3) is 0.316. The second-order valence-corrected chi connectivity index (χ2v) is 8.52. The van der Waals surface area contributed by atoms with Crippen LogP contribution in [0.25, 0.3) is 0 Å². The van der Waals surface area contributed by atoms with E-state index in [-0.39, 0.29) is 35.3 Å². The van der Waals surface area contributed by atoms with Crippen molar-refractivity contribution in [2.45, 2.75) is 4.90 Å². The number of halogens is 1. The van der Waals surface area contributed by atoms with Crippen LogP contribution in [-0.2, 0) is 19.6 Å². The van der Waals surface area contributed by atoms with Crippen molar-refractivity contribution < 1.29 is 27.4 Å². The molecule has 1 heterocycles. The van der Waals surface area contributed by atoms with Crippen molar-refractivity contribution in [2.75, 3.05) is 45.3 Å². The van der Waals surface area contributed by atoms with E-state index in [1.54, 1.807) is 24.3 Å². The van der Waals surface area contributed by atoms with Crippen LogP contribution in [-0.4, -0.2) is 58.7 Å². The third-order valence-electron chi connectivity index (χ3n) is 4.23. The number of methoxy groups -OCH3 is 1. The van der Waals surface area contributed by atoms with E-state index in [9.17, 15) is 13.2 Å². The summed E-state index contributed by atoms with van der Waals surface area (Å²) in [7, 11) is -2.17. The van der Waals surface area contributed by atoms with Gasteiger partial charge in [0, 0.05) is 19.2 Å². The summed E-state index contributed by atoms with van der Waals surface area (Å²) >= 11 is 6.13. The number of sulfonamides is 1. The number of carbonyl (C=O) groups is 1. The first-order chi connectivity index (χ1) is 13.9. The Bertz CT molecular complexity index is 976. The molecule has 3 rings (SSSR count). The van der Waals surface area contributed by atoms with Gasteiger partial charge < -0.3 is 19.5 Å². The number of anilines is 1. The van der Waals surface area contributed by atoms with Crippen LogP contribution in [0.5, 0.6) is 11.5 Å². The maximum absolute atomic E-state index is 12.8. The summed E-state index contributed by atoms with van der Waals surface area (Å²) in [5.74, 6) is 0.594. The van der Waals surface area contributed by atoms with Crippen molar-refractivity contribution in [1.82, 2.24) is 4.31 Å². The highest BCUT2D eigenvalue weighted by atomic mass is 35.5. The van der Waals surface area contributed by atoms with Crippen LogP contribution >= 0.6 is 11.6 Å². The molecule has 1 aliphatic rings. The molecule has 0 aliphatic carbocycles. The van der Waals surface area contributed by atoms with Crippen LogP contribution < -0.4 is 14.8 Å². The number of ether oxygens (including phenoxy) is 3. The maximum Gasteiger partial charge on any atom is 0.262 e. The van der Waals surface area contributed by atoms with Crippen molar-refractivity contribution in [1.29, 1.82) is 0 Å². The fourth-order valence-corrected chi connectivity index (χ4v) is 4.32. The smallest absolute Gasteiger partial charge is 0.262 e. The van der Waals surface area contributed by atoms with E-state index in [0.717, 1.165) is 0 Å². The van der Waals surface area contributed by atoms with Gasteiger partial charge in [0.05, 0.1) is 35.9 Å². The molecule has 0 aromatic heterocycles. The van der Waals surface area contributed by atoms with Crippen molar-refractivity contribution in [3.05, 3.63) is 47.5 Å². The number of hydrogen-bond donors (Lipinski definition) is 1. The monoisotopic (exact) mass is 440 g/mol. The number of amides is 1. The number of hydrogen-bond acceptors (Lipinski definition) is 6. The second kappa shape index (κ2) is 9.45. The zero-order valence-corrected chi connectivity index (χ0v) is 17.3. The average molecular weight is 441 g/mol. The lowest BCUT2D eigenvalue weighted by Gasteiger charge is -2.26. The van der Waals surface area contributed by atoms with Crippen LogP contribution in [0.3, 0.4) is 0 Å². The zero-order chi connectivity index (χ0) is 20.9. The Kier molecular flexibility index (Phi) is 6.96. The van der Waals surface area contributed by atoms with Crippen LogP contribution in [0, 0.1) is 0 Å². The molecule has 0 atom stereocenters. The largest absolute Gasteiger partial charge is 0.497 e. The minimum atomic E-state index is -3.70. The van der Waals surface area contributed by atoms with Gasteiger partial charge in [-0.1, -0.05) is 17.7 Å². The maximum atomic E-state index is 12.8. The third kappa shape index (κ3) is 5.39. The number of morpholine rings is 1. The summed E-state index contributed by atoms with van der Waals surface area (Å²) in [5, 5.41) is 2.81. The quantitative estimate of drug-likeness (QED) is 0.710. The summed E-state index contributed by atoms with van der Waals surface area (Å²) in [6.45, 7) is 0.974.